The van der Waals surface area contributed by atoms with Gasteiger partial charge in [-0.15, -0.1) is 0 Å². The number of nitrogens with zero attached hydrogens (tertiary/aromatic N) is 1. The average molecular weight is 262 g/mol. The van der Waals surface area contributed by atoms with E-state index in [9.17, 15) is 10.1 Å². The van der Waals surface area contributed by atoms with Crippen molar-refractivity contribution < 1.29 is 4.92 Å². The molecule has 0 amide bonds. The first-order valence-electron chi connectivity index (χ1n) is 7.11. The molecule has 0 saturated heterocycles. The van der Waals surface area contributed by atoms with Gasteiger partial charge in [0.2, 0.25) is 0 Å². The molecule has 0 bridgehead atoms. The van der Waals surface area contributed by atoms with Crippen molar-refractivity contribution in [2.45, 2.75) is 52.0 Å². The van der Waals surface area contributed by atoms with Crippen LogP contribution >= 0.6 is 0 Å². The number of nitro groups is 1. The first-order chi connectivity index (χ1) is 9.10. The molecule has 0 heterocycles. The van der Waals surface area contributed by atoms with Crippen molar-refractivity contribution in [1.82, 2.24) is 0 Å². The minimum absolute atomic E-state index is 0.162. The molecule has 19 heavy (non-hydrogen) atoms. The summed E-state index contributed by atoms with van der Waals surface area (Å²) in [5.74, 6) is 0.865. The van der Waals surface area contributed by atoms with E-state index in [4.69, 9.17) is 0 Å². The zero-order valence-corrected chi connectivity index (χ0v) is 11.7. The van der Waals surface area contributed by atoms with Crippen molar-refractivity contribution in [2.24, 2.45) is 5.92 Å². The zero-order valence-electron chi connectivity index (χ0n) is 11.7. The summed E-state index contributed by atoms with van der Waals surface area (Å²) in [5.41, 5.74) is 2.15. The van der Waals surface area contributed by atoms with E-state index < -0.39 is 0 Å². The Labute approximate surface area is 114 Å². The lowest BCUT2D eigenvalue weighted by molar-refractivity contribution is -0.384. The molecular weight excluding hydrogens is 240 g/mol. The number of nitrogens with one attached hydrogen (secondary N) is 1. The molecule has 0 aromatic heterocycles. The second-order valence-corrected chi connectivity index (χ2v) is 5.53. The average Bonchev–Trinajstić information content (AvgIpc) is 2.42. The minimum atomic E-state index is -0.335. The number of anilines is 1. The fraction of sp³-hybridized carbons (Fsp3) is 0.600. The molecule has 0 spiro atoms. The predicted molar refractivity (Wildman–Crippen MR) is 77.5 cm³/mol. The van der Waals surface area contributed by atoms with Gasteiger partial charge < -0.3 is 5.32 Å². The van der Waals surface area contributed by atoms with Gasteiger partial charge in [0.05, 0.1) is 4.92 Å². The highest BCUT2D eigenvalue weighted by molar-refractivity contribution is 5.57. The largest absolute Gasteiger partial charge is 0.382 e. The SMILES string of the molecule is CCC1CCC(Nc2cc([N+](=O)[O-])ccc2C)CC1. The van der Waals surface area contributed by atoms with Crippen LogP contribution in [0.5, 0.6) is 0 Å². The molecule has 104 valence electrons. The number of hydrogen-bond donors (Lipinski definition) is 1. The van der Waals surface area contributed by atoms with Gasteiger partial charge in [0.25, 0.3) is 5.69 Å². The first-order valence-corrected chi connectivity index (χ1v) is 7.11. The number of non-ortho nitro benzene ring substituents is 1. The summed E-state index contributed by atoms with van der Waals surface area (Å²) in [6, 6.07) is 5.50. The standard InChI is InChI=1S/C15H22N2O2/c1-3-12-5-7-13(8-6-12)16-15-10-14(17(18)19)9-4-11(15)2/h4,9-10,12-13,16H,3,5-8H2,1-2H3. The van der Waals surface area contributed by atoms with Crippen LogP contribution in [0.25, 0.3) is 0 Å². The van der Waals surface area contributed by atoms with E-state index in [0.29, 0.717) is 6.04 Å². The summed E-state index contributed by atoms with van der Waals surface area (Å²) in [4.78, 5) is 10.5. The second kappa shape index (κ2) is 6.04. The molecule has 1 aromatic rings. The van der Waals surface area contributed by atoms with Crippen LogP contribution < -0.4 is 5.32 Å². The van der Waals surface area contributed by atoms with Crippen molar-refractivity contribution in [3.05, 3.63) is 33.9 Å². The monoisotopic (exact) mass is 262 g/mol. The molecule has 2 rings (SSSR count). The summed E-state index contributed by atoms with van der Waals surface area (Å²) < 4.78 is 0. The Morgan fingerprint density at radius 1 is 1.32 bits per heavy atom. The number of rotatable bonds is 4. The Morgan fingerprint density at radius 2 is 2.00 bits per heavy atom. The van der Waals surface area contributed by atoms with Crippen molar-refractivity contribution in [3.8, 4) is 0 Å². The third-order valence-corrected chi connectivity index (χ3v) is 4.22. The highest BCUT2D eigenvalue weighted by atomic mass is 16.6. The fourth-order valence-corrected chi connectivity index (χ4v) is 2.81. The Hall–Kier alpha value is -1.58. The van der Waals surface area contributed by atoms with Crippen LogP contribution in [0.4, 0.5) is 11.4 Å². The highest BCUT2D eigenvalue weighted by Crippen LogP contribution is 2.30. The summed E-state index contributed by atoms with van der Waals surface area (Å²) in [6.07, 6.45) is 6.13. The molecule has 1 aromatic carbocycles. The van der Waals surface area contributed by atoms with E-state index in [1.807, 2.05) is 13.0 Å². The molecule has 1 saturated carbocycles. The number of hydrogen-bond acceptors (Lipinski definition) is 3. The lowest BCUT2D eigenvalue weighted by atomic mass is 9.84. The fourth-order valence-electron chi connectivity index (χ4n) is 2.81. The molecule has 4 heteroatoms. The van der Waals surface area contributed by atoms with E-state index in [-0.39, 0.29) is 10.6 Å². The van der Waals surface area contributed by atoms with Gasteiger partial charge in [-0.3, -0.25) is 10.1 Å². The van der Waals surface area contributed by atoms with Gasteiger partial charge in [-0.1, -0.05) is 19.4 Å². The molecule has 4 nitrogen and oxygen atoms in total. The second-order valence-electron chi connectivity index (χ2n) is 5.53. The molecular formula is C15H22N2O2. The van der Waals surface area contributed by atoms with E-state index in [0.717, 1.165) is 17.2 Å². The summed E-state index contributed by atoms with van der Waals surface area (Å²) in [6.45, 7) is 4.24. The van der Waals surface area contributed by atoms with Gasteiger partial charge in [0, 0.05) is 23.9 Å². The van der Waals surface area contributed by atoms with Gasteiger partial charge in [-0.2, -0.15) is 0 Å². The van der Waals surface area contributed by atoms with Crippen molar-refractivity contribution in [3.63, 3.8) is 0 Å². The topological polar surface area (TPSA) is 55.2 Å². The highest BCUT2D eigenvalue weighted by Gasteiger charge is 2.20. The zero-order chi connectivity index (χ0) is 13.8. The van der Waals surface area contributed by atoms with Gasteiger partial charge >= 0.3 is 0 Å². The molecule has 0 aliphatic heterocycles. The molecule has 0 unspecified atom stereocenters. The summed E-state index contributed by atoms with van der Waals surface area (Å²) in [5, 5.41) is 14.3. The maximum Gasteiger partial charge on any atom is 0.271 e. The van der Waals surface area contributed by atoms with Crippen LogP contribution in [-0.2, 0) is 0 Å². The van der Waals surface area contributed by atoms with Crippen LogP contribution in [0.1, 0.15) is 44.6 Å². The van der Waals surface area contributed by atoms with Gasteiger partial charge in [-0.25, -0.2) is 0 Å². The Bertz CT molecular complexity index is 451. The maximum atomic E-state index is 10.8. The van der Waals surface area contributed by atoms with Crippen LogP contribution in [0.2, 0.25) is 0 Å². The maximum absolute atomic E-state index is 10.8. The Morgan fingerprint density at radius 3 is 2.58 bits per heavy atom. The molecule has 1 aliphatic carbocycles. The first kappa shape index (κ1) is 13.8. The van der Waals surface area contributed by atoms with Gasteiger partial charge in [0.1, 0.15) is 0 Å². The smallest absolute Gasteiger partial charge is 0.271 e. The van der Waals surface area contributed by atoms with Crippen LogP contribution in [0.15, 0.2) is 18.2 Å². The van der Waals surface area contributed by atoms with E-state index >= 15 is 0 Å². The van der Waals surface area contributed by atoms with Crippen LogP contribution in [0, 0.1) is 23.0 Å². The van der Waals surface area contributed by atoms with E-state index in [2.05, 4.69) is 12.2 Å². The van der Waals surface area contributed by atoms with Gasteiger partial charge in [0.15, 0.2) is 0 Å². The summed E-state index contributed by atoms with van der Waals surface area (Å²) >= 11 is 0. The van der Waals surface area contributed by atoms with E-state index in [1.165, 1.54) is 32.1 Å². The quantitative estimate of drug-likeness (QED) is 0.650. The number of benzene rings is 1. The molecule has 1 aliphatic rings. The lowest BCUT2D eigenvalue weighted by Gasteiger charge is -2.29. The number of aryl methyl sites for hydroxylation is 1. The van der Waals surface area contributed by atoms with Crippen molar-refractivity contribution >= 4 is 11.4 Å². The van der Waals surface area contributed by atoms with Crippen LogP contribution in [0.3, 0.4) is 0 Å². The van der Waals surface area contributed by atoms with E-state index in [1.54, 1.807) is 12.1 Å². The third kappa shape index (κ3) is 3.46. The van der Waals surface area contributed by atoms with Crippen molar-refractivity contribution in [2.75, 3.05) is 5.32 Å². The third-order valence-electron chi connectivity index (χ3n) is 4.22. The summed E-state index contributed by atoms with van der Waals surface area (Å²) in [7, 11) is 0. The Kier molecular flexibility index (Phi) is 4.40. The van der Waals surface area contributed by atoms with Crippen LogP contribution in [-0.4, -0.2) is 11.0 Å². The van der Waals surface area contributed by atoms with Crippen molar-refractivity contribution in [1.29, 1.82) is 0 Å². The minimum Gasteiger partial charge on any atom is -0.382 e. The molecule has 0 radical (unpaired) electrons. The predicted octanol–water partition coefficient (Wildman–Crippen LogP) is 4.28. The normalized spacial score (nSPS) is 23.1. The Balaban J connectivity index is 2.03. The molecule has 1 fully saturated rings. The molecule has 0 atom stereocenters. The molecule has 1 N–H and O–H groups in total. The number of nitro benzene ring substituents is 1. The lowest BCUT2D eigenvalue weighted by Crippen LogP contribution is -2.26. The van der Waals surface area contributed by atoms with Gasteiger partial charge in [-0.05, 0) is 44.1 Å².